The summed E-state index contributed by atoms with van der Waals surface area (Å²) in [7, 11) is 0. The lowest BCUT2D eigenvalue weighted by molar-refractivity contribution is 0.0694. The van der Waals surface area contributed by atoms with Gasteiger partial charge in [-0.3, -0.25) is 4.79 Å². The fraction of sp³-hybridized carbons (Fsp3) is 0.571. The molecule has 0 bridgehead atoms. The van der Waals surface area contributed by atoms with E-state index in [1.807, 2.05) is 30.9 Å². The maximum absolute atomic E-state index is 12.4. The molecule has 1 aromatic heterocycles. The van der Waals surface area contributed by atoms with Crippen LogP contribution < -0.4 is 5.32 Å². The number of nitrogens with zero attached hydrogens (tertiary/aromatic N) is 2. The van der Waals surface area contributed by atoms with E-state index in [1.165, 1.54) is 0 Å². The van der Waals surface area contributed by atoms with Crippen molar-refractivity contribution in [1.82, 2.24) is 9.88 Å². The van der Waals surface area contributed by atoms with Gasteiger partial charge in [-0.2, -0.15) is 0 Å². The van der Waals surface area contributed by atoms with E-state index in [-0.39, 0.29) is 11.9 Å². The number of carbonyl (C=O) groups is 1. The van der Waals surface area contributed by atoms with Crippen LogP contribution in [0.4, 0.5) is 5.82 Å². The molecule has 1 aromatic rings. The third-order valence-electron chi connectivity index (χ3n) is 3.05. The fourth-order valence-corrected chi connectivity index (χ4v) is 1.86. The van der Waals surface area contributed by atoms with Gasteiger partial charge in [0, 0.05) is 19.1 Å². The number of rotatable bonds is 6. The molecule has 4 heteroatoms. The van der Waals surface area contributed by atoms with E-state index in [9.17, 15) is 4.79 Å². The Morgan fingerprint density at radius 2 is 2.11 bits per heavy atom. The van der Waals surface area contributed by atoms with Crippen LogP contribution in [0.3, 0.4) is 0 Å². The molecule has 0 aromatic carbocycles. The van der Waals surface area contributed by atoms with E-state index in [2.05, 4.69) is 24.1 Å². The average molecular weight is 249 g/mol. The molecule has 0 spiro atoms. The zero-order chi connectivity index (χ0) is 13.5. The average Bonchev–Trinajstić information content (AvgIpc) is 2.40. The Bertz CT molecular complexity index is 392. The second-order valence-corrected chi connectivity index (χ2v) is 4.29. The second kappa shape index (κ2) is 6.99. The Hall–Kier alpha value is -1.58. The molecule has 18 heavy (non-hydrogen) atoms. The molecule has 1 amide bonds. The number of anilines is 1. The third kappa shape index (κ3) is 3.45. The highest BCUT2D eigenvalue weighted by molar-refractivity contribution is 5.92. The Morgan fingerprint density at radius 1 is 1.39 bits per heavy atom. The topological polar surface area (TPSA) is 45.2 Å². The minimum Gasteiger partial charge on any atom is -0.370 e. The number of pyridine rings is 1. The standard InChI is InChI=1S/C14H23N3O/c1-5-11(4)17(7-3)14(18)12-9-8-10-13(16-12)15-6-2/h8-11H,5-7H2,1-4H3,(H,15,16). The van der Waals surface area contributed by atoms with Gasteiger partial charge in [-0.25, -0.2) is 4.98 Å². The van der Waals surface area contributed by atoms with E-state index in [1.54, 1.807) is 6.07 Å². The monoisotopic (exact) mass is 249 g/mol. The van der Waals surface area contributed by atoms with Crippen molar-refractivity contribution < 1.29 is 4.79 Å². The molecular weight excluding hydrogens is 226 g/mol. The summed E-state index contributed by atoms with van der Waals surface area (Å²) in [6.45, 7) is 9.67. The minimum absolute atomic E-state index is 0.00611. The number of amides is 1. The molecule has 0 saturated carbocycles. The molecule has 1 N–H and O–H groups in total. The van der Waals surface area contributed by atoms with Crippen molar-refractivity contribution in [2.24, 2.45) is 0 Å². The van der Waals surface area contributed by atoms with Crippen molar-refractivity contribution >= 4 is 11.7 Å². The molecule has 0 aliphatic carbocycles. The molecule has 1 atom stereocenters. The van der Waals surface area contributed by atoms with Gasteiger partial charge in [-0.05, 0) is 39.3 Å². The summed E-state index contributed by atoms with van der Waals surface area (Å²) in [4.78, 5) is 18.6. The number of hydrogen-bond acceptors (Lipinski definition) is 3. The summed E-state index contributed by atoms with van der Waals surface area (Å²) >= 11 is 0. The van der Waals surface area contributed by atoms with Crippen LogP contribution in [0.15, 0.2) is 18.2 Å². The van der Waals surface area contributed by atoms with Gasteiger partial charge in [-0.15, -0.1) is 0 Å². The lowest BCUT2D eigenvalue weighted by Gasteiger charge is -2.26. The van der Waals surface area contributed by atoms with Gasteiger partial charge in [0.2, 0.25) is 0 Å². The second-order valence-electron chi connectivity index (χ2n) is 4.29. The Labute approximate surface area is 109 Å². The number of nitrogens with one attached hydrogen (secondary N) is 1. The summed E-state index contributed by atoms with van der Waals surface area (Å²) < 4.78 is 0. The van der Waals surface area contributed by atoms with Crippen LogP contribution in [-0.4, -0.2) is 34.9 Å². The van der Waals surface area contributed by atoms with Gasteiger partial charge in [-0.1, -0.05) is 13.0 Å². The van der Waals surface area contributed by atoms with E-state index in [0.717, 1.165) is 18.8 Å². The zero-order valence-electron chi connectivity index (χ0n) is 11.7. The molecular formula is C14H23N3O. The Balaban J connectivity index is 2.91. The summed E-state index contributed by atoms with van der Waals surface area (Å²) in [6.07, 6.45) is 0.951. The van der Waals surface area contributed by atoms with Gasteiger partial charge in [0.25, 0.3) is 5.91 Å². The van der Waals surface area contributed by atoms with Crippen LogP contribution in [-0.2, 0) is 0 Å². The molecule has 0 saturated heterocycles. The lowest BCUT2D eigenvalue weighted by Crippen LogP contribution is -2.38. The number of carbonyl (C=O) groups excluding carboxylic acids is 1. The molecule has 4 nitrogen and oxygen atoms in total. The number of hydrogen-bond donors (Lipinski definition) is 1. The van der Waals surface area contributed by atoms with E-state index < -0.39 is 0 Å². The van der Waals surface area contributed by atoms with Crippen LogP contribution >= 0.6 is 0 Å². The van der Waals surface area contributed by atoms with Crippen LogP contribution in [0.5, 0.6) is 0 Å². The van der Waals surface area contributed by atoms with Crippen molar-refractivity contribution in [3.05, 3.63) is 23.9 Å². The summed E-state index contributed by atoms with van der Waals surface area (Å²) in [5, 5.41) is 3.12. The molecule has 100 valence electrons. The van der Waals surface area contributed by atoms with E-state index in [0.29, 0.717) is 12.2 Å². The third-order valence-corrected chi connectivity index (χ3v) is 3.05. The SMILES string of the molecule is CCNc1cccc(C(=O)N(CC)C(C)CC)n1. The first-order valence-corrected chi connectivity index (χ1v) is 6.65. The highest BCUT2D eigenvalue weighted by Crippen LogP contribution is 2.11. The number of aromatic nitrogens is 1. The van der Waals surface area contributed by atoms with Crippen LogP contribution in [0.2, 0.25) is 0 Å². The zero-order valence-corrected chi connectivity index (χ0v) is 11.7. The minimum atomic E-state index is 0.00611. The van der Waals surface area contributed by atoms with Crippen LogP contribution in [0.25, 0.3) is 0 Å². The molecule has 0 aliphatic rings. The van der Waals surface area contributed by atoms with Crippen molar-refractivity contribution in [2.75, 3.05) is 18.4 Å². The molecule has 1 rings (SSSR count). The first-order valence-electron chi connectivity index (χ1n) is 6.65. The lowest BCUT2D eigenvalue weighted by atomic mass is 10.2. The fourth-order valence-electron chi connectivity index (χ4n) is 1.86. The quantitative estimate of drug-likeness (QED) is 0.843. The molecule has 1 heterocycles. The first-order chi connectivity index (χ1) is 8.63. The largest absolute Gasteiger partial charge is 0.370 e. The summed E-state index contributed by atoms with van der Waals surface area (Å²) in [6, 6.07) is 5.75. The predicted molar refractivity (Wildman–Crippen MR) is 74.9 cm³/mol. The van der Waals surface area contributed by atoms with Gasteiger partial charge < -0.3 is 10.2 Å². The Morgan fingerprint density at radius 3 is 2.67 bits per heavy atom. The highest BCUT2D eigenvalue weighted by atomic mass is 16.2. The normalized spacial score (nSPS) is 12.0. The molecule has 0 radical (unpaired) electrons. The molecule has 0 fully saturated rings. The van der Waals surface area contributed by atoms with Crippen molar-refractivity contribution in [2.45, 2.75) is 40.2 Å². The molecule has 0 aliphatic heterocycles. The highest BCUT2D eigenvalue weighted by Gasteiger charge is 2.19. The predicted octanol–water partition coefficient (Wildman–Crippen LogP) is 2.77. The van der Waals surface area contributed by atoms with Gasteiger partial charge in [0.15, 0.2) is 0 Å². The van der Waals surface area contributed by atoms with Gasteiger partial charge >= 0.3 is 0 Å². The Kier molecular flexibility index (Phi) is 5.62. The summed E-state index contributed by atoms with van der Waals surface area (Å²) in [5.74, 6) is 0.759. The van der Waals surface area contributed by atoms with Gasteiger partial charge in [0.05, 0.1) is 0 Å². The summed E-state index contributed by atoms with van der Waals surface area (Å²) in [5.41, 5.74) is 0.510. The smallest absolute Gasteiger partial charge is 0.272 e. The molecule has 1 unspecified atom stereocenters. The maximum Gasteiger partial charge on any atom is 0.272 e. The van der Waals surface area contributed by atoms with Crippen molar-refractivity contribution in [1.29, 1.82) is 0 Å². The van der Waals surface area contributed by atoms with E-state index in [4.69, 9.17) is 0 Å². The van der Waals surface area contributed by atoms with Crippen LogP contribution in [0.1, 0.15) is 44.6 Å². The first kappa shape index (κ1) is 14.5. The van der Waals surface area contributed by atoms with Crippen molar-refractivity contribution in [3.63, 3.8) is 0 Å². The van der Waals surface area contributed by atoms with Crippen LogP contribution in [0, 0.1) is 0 Å². The van der Waals surface area contributed by atoms with Crippen molar-refractivity contribution in [3.8, 4) is 0 Å². The van der Waals surface area contributed by atoms with E-state index >= 15 is 0 Å². The van der Waals surface area contributed by atoms with Gasteiger partial charge in [0.1, 0.15) is 11.5 Å². The maximum atomic E-state index is 12.4.